The number of H-pyrrole nitrogens is 1. The third-order valence-electron chi connectivity index (χ3n) is 7.00. The number of nitrogens with one attached hydrogen (secondary N) is 1. The van der Waals surface area contributed by atoms with E-state index in [2.05, 4.69) is 9.97 Å². The molecule has 3 heterocycles. The van der Waals surface area contributed by atoms with Gasteiger partial charge in [-0.05, 0) is 29.2 Å². The number of rotatable bonds is 4. The minimum Gasteiger partial charge on any atom is -0.456 e. The molecular formula is C26H22F4N2O4. The van der Waals surface area contributed by atoms with Gasteiger partial charge in [-0.25, -0.2) is 17.6 Å². The molecule has 3 aliphatic rings. The summed E-state index contributed by atoms with van der Waals surface area (Å²) in [5.74, 6) is -4.03. The Labute approximate surface area is 203 Å². The number of hydrogen-bond acceptors (Lipinski definition) is 5. The summed E-state index contributed by atoms with van der Waals surface area (Å²) in [6, 6.07) is 4.83. The van der Waals surface area contributed by atoms with Crippen molar-refractivity contribution >= 4 is 16.6 Å². The quantitative estimate of drug-likeness (QED) is 0.518. The van der Waals surface area contributed by atoms with Crippen LogP contribution in [0.1, 0.15) is 24.0 Å². The Morgan fingerprint density at radius 1 is 1.03 bits per heavy atom. The SMILES string of the molecule is CC1C=C(c2c(F)cc3[nH]c(O[C@@H]4COC5C4OC[C@H]5O)nc3c2F)C=CC1c1ccc(F)c(F)c1. The van der Waals surface area contributed by atoms with Crippen molar-refractivity contribution in [1.82, 2.24) is 9.97 Å². The fourth-order valence-corrected chi connectivity index (χ4v) is 5.19. The van der Waals surface area contributed by atoms with E-state index >= 15 is 8.78 Å². The summed E-state index contributed by atoms with van der Waals surface area (Å²) in [6.45, 7) is 2.14. The monoisotopic (exact) mass is 502 g/mol. The molecule has 0 saturated carbocycles. The van der Waals surface area contributed by atoms with Gasteiger partial charge in [0.1, 0.15) is 29.6 Å². The van der Waals surface area contributed by atoms with E-state index in [9.17, 15) is 13.9 Å². The molecule has 10 heteroatoms. The molecule has 188 valence electrons. The van der Waals surface area contributed by atoms with Crippen molar-refractivity contribution in [1.29, 1.82) is 0 Å². The van der Waals surface area contributed by atoms with Crippen molar-refractivity contribution in [2.75, 3.05) is 13.2 Å². The van der Waals surface area contributed by atoms with Gasteiger partial charge in [0.05, 0.1) is 24.3 Å². The highest BCUT2D eigenvalue weighted by Crippen LogP contribution is 2.38. The zero-order valence-corrected chi connectivity index (χ0v) is 19.1. The number of nitrogens with zero attached hydrogens (tertiary/aromatic N) is 1. The van der Waals surface area contributed by atoms with E-state index in [1.807, 2.05) is 6.92 Å². The largest absolute Gasteiger partial charge is 0.456 e. The van der Waals surface area contributed by atoms with Crippen LogP contribution in [-0.4, -0.2) is 52.7 Å². The van der Waals surface area contributed by atoms with Gasteiger partial charge >= 0.3 is 0 Å². The Bertz CT molecular complexity index is 1400. The zero-order chi connectivity index (χ0) is 25.1. The van der Waals surface area contributed by atoms with Gasteiger partial charge in [0.25, 0.3) is 6.01 Å². The van der Waals surface area contributed by atoms with Gasteiger partial charge in [-0.3, -0.25) is 0 Å². The molecule has 1 aromatic heterocycles. The van der Waals surface area contributed by atoms with E-state index in [1.165, 1.54) is 6.07 Å². The lowest BCUT2D eigenvalue weighted by molar-refractivity contribution is 0.00706. The summed E-state index contributed by atoms with van der Waals surface area (Å²) >= 11 is 0. The highest BCUT2D eigenvalue weighted by atomic mass is 19.2. The van der Waals surface area contributed by atoms with Crippen LogP contribution >= 0.6 is 0 Å². The Balaban J connectivity index is 1.27. The first-order valence-corrected chi connectivity index (χ1v) is 11.6. The molecule has 2 aromatic carbocycles. The van der Waals surface area contributed by atoms with Crippen molar-refractivity contribution in [3.63, 3.8) is 0 Å². The molecule has 2 N–H and O–H groups in total. The fraction of sp³-hybridized carbons (Fsp3) is 0.346. The lowest BCUT2D eigenvalue weighted by Gasteiger charge is -2.24. The number of aromatic nitrogens is 2. The Kier molecular flexibility index (Phi) is 5.62. The van der Waals surface area contributed by atoms with Crippen molar-refractivity contribution < 1.29 is 36.9 Å². The summed E-state index contributed by atoms with van der Waals surface area (Å²) < 4.78 is 74.5. The molecule has 36 heavy (non-hydrogen) atoms. The molecule has 0 radical (unpaired) electrons. The first-order chi connectivity index (χ1) is 17.3. The Morgan fingerprint density at radius 2 is 1.83 bits per heavy atom. The van der Waals surface area contributed by atoms with Gasteiger partial charge in [0.15, 0.2) is 23.6 Å². The average Bonchev–Trinajstić information content (AvgIpc) is 3.53. The minimum absolute atomic E-state index is 0.0142. The van der Waals surface area contributed by atoms with E-state index < -0.39 is 47.7 Å². The van der Waals surface area contributed by atoms with Crippen LogP contribution in [0.2, 0.25) is 0 Å². The van der Waals surface area contributed by atoms with E-state index in [1.54, 1.807) is 18.2 Å². The van der Waals surface area contributed by atoms with Gasteiger partial charge in [0.2, 0.25) is 0 Å². The van der Waals surface area contributed by atoms with Crippen LogP contribution in [0.4, 0.5) is 17.6 Å². The predicted octanol–water partition coefficient (Wildman–Crippen LogP) is 4.40. The summed E-state index contributed by atoms with van der Waals surface area (Å²) in [5.41, 5.74) is 0.687. The van der Waals surface area contributed by atoms with Crippen molar-refractivity contribution in [3.05, 3.63) is 76.9 Å². The number of benzene rings is 2. The fourth-order valence-electron chi connectivity index (χ4n) is 5.19. The molecule has 1 aliphatic carbocycles. The smallest absolute Gasteiger partial charge is 0.295 e. The third-order valence-corrected chi connectivity index (χ3v) is 7.00. The molecule has 3 aromatic rings. The molecule has 0 bridgehead atoms. The normalized spacial score (nSPS) is 29.6. The number of aliphatic hydroxyl groups excluding tert-OH is 1. The second-order valence-corrected chi connectivity index (χ2v) is 9.34. The predicted molar refractivity (Wildman–Crippen MR) is 121 cm³/mol. The van der Waals surface area contributed by atoms with Crippen LogP contribution in [0, 0.1) is 29.2 Å². The summed E-state index contributed by atoms with van der Waals surface area (Å²) in [5, 5.41) is 9.88. The number of halogens is 4. The number of aromatic amines is 1. The molecule has 6 nitrogen and oxygen atoms in total. The number of ether oxygens (including phenoxy) is 3. The molecular weight excluding hydrogens is 480 g/mol. The highest BCUT2D eigenvalue weighted by Gasteiger charge is 2.48. The summed E-state index contributed by atoms with van der Waals surface area (Å²) in [4.78, 5) is 6.97. The number of allylic oxidation sites excluding steroid dienone is 4. The number of aliphatic hydroxyl groups is 1. The maximum absolute atomic E-state index is 15.5. The van der Waals surface area contributed by atoms with E-state index in [0.29, 0.717) is 11.1 Å². The Hall–Kier alpha value is -3.21. The van der Waals surface area contributed by atoms with Gasteiger partial charge in [0, 0.05) is 12.0 Å². The van der Waals surface area contributed by atoms with Crippen LogP contribution in [0.15, 0.2) is 42.5 Å². The maximum Gasteiger partial charge on any atom is 0.295 e. The second kappa shape index (κ2) is 8.72. The number of imidazole rings is 1. The topological polar surface area (TPSA) is 76.6 Å². The van der Waals surface area contributed by atoms with Crippen molar-refractivity contribution in [3.8, 4) is 6.01 Å². The third kappa shape index (κ3) is 3.80. The highest BCUT2D eigenvalue weighted by molar-refractivity contribution is 5.86. The van der Waals surface area contributed by atoms with Crippen molar-refractivity contribution in [2.24, 2.45) is 5.92 Å². The van der Waals surface area contributed by atoms with Crippen LogP contribution in [-0.2, 0) is 9.47 Å². The van der Waals surface area contributed by atoms with Crippen LogP contribution in [0.3, 0.4) is 0 Å². The Morgan fingerprint density at radius 3 is 2.61 bits per heavy atom. The molecule has 0 amide bonds. The molecule has 4 unspecified atom stereocenters. The van der Waals surface area contributed by atoms with Crippen LogP contribution in [0.5, 0.6) is 6.01 Å². The first kappa shape index (κ1) is 23.2. The maximum atomic E-state index is 15.5. The van der Waals surface area contributed by atoms with Gasteiger partial charge in [-0.1, -0.05) is 31.2 Å². The molecule has 0 spiro atoms. The van der Waals surface area contributed by atoms with Crippen molar-refractivity contribution in [2.45, 2.75) is 37.3 Å². The molecule has 6 rings (SSSR count). The number of hydrogen-bond donors (Lipinski definition) is 2. The van der Waals surface area contributed by atoms with Gasteiger partial charge in [-0.2, -0.15) is 4.98 Å². The lowest BCUT2D eigenvalue weighted by atomic mass is 9.81. The molecule has 2 fully saturated rings. The van der Waals surface area contributed by atoms with E-state index in [-0.39, 0.29) is 47.7 Å². The van der Waals surface area contributed by atoms with Gasteiger partial charge in [-0.15, -0.1) is 0 Å². The zero-order valence-electron chi connectivity index (χ0n) is 19.1. The molecule has 2 aliphatic heterocycles. The minimum atomic E-state index is -0.947. The van der Waals surface area contributed by atoms with E-state index in [0.717, 1.165) is 18.2 Å². The standard InChI is InChI=1S/C26H22F4N2O4/c1-11-6-13(2-4-14(11)12-3-5-15(27)16(28)7-12)21-17(29)8-18-23(22(21)30)32-26(31-18)36-20-10-35-24-19(33)9-34-25(20)24/h2-8,11,14,19-20,24-25,33H,9-10H2,1H3,(H,31,32)/t11?,14?,19-,20-,24?,25?/m1/s1. The first-order valence-electron chi connectivity index (χ1n) is 11.6. The molecule has 6 atom stereocenters. The second-order valence-electron chi connectivity index (χ2n) is 9.34. The summed E-state index contributed by atoms with van der Waals surface area (Å²) in [6.07, 6.45) is 2.72. The summed E-state index contributed by atoms with van der Waals surface area (Å²) in [7, 11) is 0. The number of fused-ring (bicyclic) bond motifs is 2. The van der Waals surface area contributed by atoms with Crippen LogP contribution in [0.25, 0.3) is 16.6 Å². The lowest BCUT2D eigenvalue weighted by Crippen LogP contribution is -2.34. The van der Waals surface area contributed by atoms with Gasteiger partial charge < -0.3 is 24.3 Å². The average molecular weight is 502 g/mol. The van der Waals surface area contributed by atoms with E-state index in [4.69, 9.17) is 14.2 Å². The molecule has 2 saturated heterocycles. The van der Waals surface area contributed by atoms with Crippen LogP contribution < -0.4 is 4.74 Å².